The number of thiophene rings is 1. The Morgan fingerprint density at radius 1 is 1.17 bits per heavy atom. The number of piperidine rings is 1. The van der Waals surface area contributed by atoms with Crippen LogP contribution in [0.15, 0.2) is 46.0 Å². The van der Waals surface area contributed by atoms with Gasteiger partial charge in [-0.15, -0.1) is 11.3 Å². The largest absolute Gasteiger partial charge is 0.493 e. The molecular formula is C16H18FNO3S2. The fourth-order valence-electron chi connectivity index (χ4n) is 2.60. The molecule has 2 heterocycles. The van der Waals surface area contributed by atoms with E-state index in [1.54, 1.807) is 34.0 Å². The maximum atomic E-state index is 12.8. The Kier molecular flexibility index (Phi) is 4.99. The lowest BCUT2D eigenvalue weighted by molar-refractivity contribution is 0.185. The minimum atomic E-state index is -3.34. The molecule has 2 aromatic rings. The van der Waals surface area contributed by atoms with Gasteiger partial charge in [0.1, 0.15) is 15.8 Å². The molecule has 1 aliphatic heterocycles. The van der Waals surface area contributed by atoms with Crippen LogP contribution in [0.1, 0.15) is 12.8 Å². The lowest BCUT2D eigenvalue weighted by atomic mass is 9.99. The van der Waals surface area contributed by atoms with Crippen LogP contribution in [-0.4, -0.2) is 32.4 Å². The van der Waals surface area contributed by atoms with Gasteiger partial charge in [0.15, 0.2) is 0 Å². The van der Waals surface area contributed by atoms with Gasteiger partial charge >= 0.3 is 0 Å². The highest BCUT2D eigenvalue weighted by atomic mass is 32.2. The molecule has 0 N–H and O–H groups in total. The van der Waals surface area contributed by atoms with E-state index in [4.69, 9.17) is 4.74 Å². The maximum absolute atomic E-state index is 12.8. The van der Waals surface area contributed by atoms with Gasteiger partial charge in [-0.3, -0.25) is 0 Å². The average molecular weight is 355 g/mol. The predicted octanol–water partition coefficient (Wildman–Crippen LogP) is 3.37. The SMILES string of the molecule is O=S(=O)(c1cccs1)N1CCC(COc2ccc(F)cc2)CC1. The van der Waals surface area contributed by atoms with Crippen LogP contribution in [0.3, 0.4) is 0 Å². The number of hydrogen-bond acceptors (Lipinski definition) is 4. The first kappa shape index (κ1) is 16.4. The fraction of sp³-hybridized carbons (Fsp3) is 0.375. The molecule has 124 valence electrons. The highest BCUT2D eigenvalue weighted by Crippen LogP contribution is 2.26. The number of nitrogens with zero attached hydrogens (tertiary/aromatic N) is 1. The first-order valence-electron chi connectivity index (χ1n) is 7.48. The van der Waals surface area contributed by atoms with Gasteiger partial charge in [-0.2, -0.15) is 4.31 Å². The number of benzene rings is 1. The number of ether oxygens (including phenoxy) is 1. The van der Waals surface area contributed by atoms with E-state index in [2.05, 4.69) is 0 Å². The van der Waals surface area contributed by atoms with Gasteiger partial charge in [-0.05, 0) is 54.5 Å². The van der Waals surface area contributed by atoms with Crippen LogP contribution in [0.5, 0.6) is 5.75 Å². The Morgan fingerprint density at radius 2 is 1.87 bits per heavy atom. The standard InChI is InChI=1S/C16H18FNO3S2/c17-14-3-5-15(6-4-14)21-12-13-7-9-18(10-8-13)23(19,20)16-2-1-11-22-16/h1-6,11,13H,7-10,12H2. The van der Waals surface area contributed by atoms with Crippen molar-refractivity contribution in [3.8, 4) is 5.75 Å². The van der Waals surface area contributed by atoms with Crippen LogP contribution < -0.4 is 4.74 Å². The lowest BCUT2D eigenvalue weighted by Crippen LogP contribution is -2.39. The van der Waals surface area contributed by atoms with Gasteiger partial charge < -0.3 is 4.74 Å². The van der Waals surface area contributed by atoms with Crippen molar-refractivity contribution < 1.29 is 17.5 Å². The molecular weight excluding hydrogens is 337 g/mol. The molecule has 7 heteroatoms. The lowest BCUT2D eigenvalue weighted by Gasteiger charge is -2.30. The molecule has 1 fully saturated rings. The summed E-state index contributed by atoms with van der Waals surface area (Å²) in [5, 5.41) is 1.77. The Bertz CT molecular complexity index is 721. The first-order valence-corrected chi connectivity index (χ1v) is 9.80. The van der Waals surface area contributed by atoms with Crippen molar-refractivity contribution >= 4 is 21.4 Å². The second-order valence-corrected chi connectivity index (χ2v) is 8.66. The van der Waals surface area contributed by atoms with Crippen molar-refractivity contribution in [2.45, 2.75) is 17.1 Å². The van der Waals surface area contributed by atoms with Crippen LogP contribution >= 0.6 is 11.3 Å². The molecule has 0 spiro atoms. The van der Waals surface area contributed by atoms with E-state index < -0.39 is 10.0 Å². The van der Waals surface area contributed by atoms with E-state index >= 15 is 0 Å². The van der Waals surface area contributed by atoms with Crippen LogP contribution in [0.4, 0.5) is 4.39 Å². The van der Waals surface area contributed by atoms with Gasteiger partial charge in [0.2, 0.25) is 0 Å². The molecule has 1 aliphatic rings. The van der Waals surface area contributed by atoms with Crippen LogP contribution in [0.2, 0.25) is 0 Å². The number of rotatable bonds is 5. The summed E-state index contributed by atoms with van der Waals surface area (Å²) in [5.74, 6) is 0.666. The highest BCUT2D eigenvalue weighted by Gasteiger charge is 2.30. The van der Waals surface area contributed by atoms with Gasteiger partial charge in [0, 0.05) is 13.1 Å². The van der Waals surface area contributed by atoms with Crippen molar-refractivity contribution in [2.75, 3.05) is 19.7 Å². The summed E-state index contributed by atoms with van der Waals surface area (Å²) in [5.41, 5.74) is 0. The van der Waals surface area contributed by atoms with E-state index in [9.17, 15) is 12.8 Å². The minimum absolute atomic E-state index is 0.288. The van der Waals surface area contributed by atoms with Gasteiger partial charge in [-0.25, -0.2) is 12.8 Å². The monoisotopic (exact) mass is 355 g/mol. The van der Waals surface area contributed by atoms with Crippen LogP contribution in [0, 0.1) is 11.7 Å². The molecule has 23 heavy (non-hydrogen) atoms. The molecule has 4 nitrogen and oxygen atoms in total. The normalized spacial score (nSPS) is 17.3. The Labute approximate surface area is 139 Å². The first-order chi connectivity index (χ1) is 11.1. The third kappa shape index (κ3) is 3.91. The number of halogens is 1. The summed E-state index contributed by atoms with van der Waals surface area (Å²) >= 11 is 1.25. The van der Waals surface area contributed by atoms with E-state index in [1.165, 1.54) is 23.5 Å². The molecule has 3 rings (SSSR count). The average Bonchev–Trinajstić information content (AvgIpc) is 3.10. The second kappa shape index (κ2) is 6.98. The Hall–Kier alpha value is -1.44. The topological polar surface area (TPSA) is 46.6 Å². The Morgan fingerprint density at radius 3 is 2.48 bits per heavy atom. The second-order valence-electron chi connectivity index (χ2n) is 5.54. The molecule has 0 aliphatic carbocycles. The van der Waals surface area contributed by atoms with Crippen molar-refractivity contribution in [1.29, 1.82) is 0 Å². The summed E-state index contributed by atoms with van der Waals surface area (Å²) in [6, 6.07) is 9.33. The summed E-state index contributed by atoms with van der Waals surface area (Å²) in [4.78, 5) is 0. The summed E-state index contributed by atoms with van der Waals surface area (Å²) in [6.45, 7) is 1.55. The smallest absolute Gasteiger partial charge is 0.252 e. The van der Waals surface area contributed by atoms with Crippen molar-refractivity contribution in [3.05, 3.63) is 47.6 Å². The van der Waals surface area contributed by atoms with Crippen molar-refractivity contribution in [3.63, 3.8) is 0 Å². The van der Waals surface area contributed by atoms with E-state index in [0.717, 1.165) is 12.8 Å². The van der Waals surface area contributed by atoms with Gasteiger partial charge in [0.05, 0.1) is 6.61 Å². The molecule has 0 bridgehead atoms. The van der Waals surface area contributed by atoms with Crippen molar-refractivity contribution in [2.24, 2.45) is 5.92 Å². The molecule has 0 unspecified atom stereocenters. The van der Waals surface area contributed by atoms with Gasteiger partial charge in [-0.1, -0.05) is 6.07 Å². The zero-order valence-corrected chi connectivity index (χ0v) is 14.2. The molecule has 0 amide bonds. The quantitative estimate of drug-likeness (QED) is 0.826. The highest BCUT2D eigenvalue weighted by molar-refractivity contribution is 7.91. The summed E-state index contributed by atoms with van der Waals surface area (Å²) in [7, 11) is -3.34. The Balaban J connectivity index is 1.51. The third-order valence-electron chi connectivity index (χ3n) is 3.96. The van der Waals surface area contributed by atoms with Crippen LogP contribution in [-0.2, 0) is 10.0 Å². The zero-order valence-electron chi connectivity index (χ0n) is 12.5. The fourth-order valence-corrected chi connectivity index (χ4v) is 5.21. The summed E-state index contributed by atoms with van der Waals surface area (Å²) < 4.78 is 45.3. The molecule has 1 aromatic carbocycles. The van der Waals surface area contributed by atoms with Crippen LogP contribution in [0.25, 0.3) is 0 Å². The van der Waals surface area contributed by atoms with Gasteiger partial charge in [0.25, 0.3) is 10.0 Å². The molecule has 1 saturated heterocycles. The number of hydrogen-bond donors (Lipinski definition) is 0. The van der Waals surface area contributed by atoms with E-state index in [-0.39, 0.29) is 5.82 Å². The molecule has 0 saturated carbocycles. The predicted molar refractivity (Wildman–Crippen MR) is 87.7 cm³/mol. The van der Waals surface area contributed by atoms with Crippen molar-refractivity contribution in [1.82, 2.24) is 4.31 Å². The maximum Gasteiger partial charge on any atom is 0.252 e. The zero-order chi connectivity index (χ0) is 16.3. The summed E-state index contributed by atoms with van der Waals surface area (Å²) in [6.07, 6.45) is 1.54. The minimum Gasteiger partial charge on any atom is -0.493 e. The number of sulfonamides is 1. The van der Waals surface area contributed by atoms with E-state index in [0.29, 0.717) is 35.6 Å². The molecule has 0 radical (unpaired) electrons. The van der Waals surface area contributed by atoms with E-state index in [1.807, 2.05) is 0 Å². The third-order valence-corrected chi connectivity index (χ3v) is 7.23. The molecule has 1 aromatic heterocycles. The molecule has 0 atom stereocenters.